The van der Waals surface area contributed by atoms with Crippen LogP contribution in [0.1, 0.15) is 12.5 Å². The molecule has 0 bridgehead atoms. The van der Waals surface area contributed by atoms with Crippen molar-refractivity contribution in [3.8, 4) is 0 Å². The first kappa shape index (κ1) is 16.4. The molecular weight excluding hydrogens is 260 g/mol. The minimum Gasteiger partial charge on any atom is -0.316 e. The number of halogens is 1. The van der Waals surface area contributed by atoms with Crippen molar-refractivity contribution < 1.29 is 8.42 Å². The molecule has 1 atom stereocenters. The summed E-state index contributed by atoms with van der Waals surface area (Å²) < 4.78 is 26.4. The third-order valence-electron chi connectivity index (χ3n) is 2.46. The van der Waals surface area contributed by atoms with Crippen LogP contribution >= 0.6 is 12.4 Å². The molecule has 0 fully saturated rings. The number of aryl methyl sites for hydroxylation is 1. The first-order valence-electron chi connectivity index (χ1n) is 5.20. The summed E-state index contributed by atoms with van der Waals surface area (Å²) in [6.07, 6.45) is 0. The van der Waals surface area contributed by atoms with Gasteiger partial charge < -0.3 is 5.32 Å². The van der Waals surface area contributed by atoms with Crippen LogP contribution in [0.25, 0.3) is 0 Å². The zero-order chi connectivity index (χ0) is 12.2. The number of nitrogens with one attached hydrogen (secondary N) is 2. The van der Waals surface area contributed by atoms with Gasteiger partial charge in [-0.1, -0.05) is 18.2 Å². The maximum Gasteiger partial charge on any atom is 0.240 e. The minimum absolute atomic E-state index is 0. The Hall–Kier alpha value is -0.620. The molecule has 1 unspecified atom stereocenters. The molecule has 0 saturated heterocycles. The van der Waals surface area contributed by atoms with E-state index in [1.54, 1.807) is 32.2 Å². The van der Waals surface area contributed by atoms with Crippen molar-refractivity contribution in [2.24, 2.45) is 0 Å². The molecule has 0 aliphatic rings. The molecule has 1 rings (SSSR count). The Morgan fingerprint density at radius 3 is 2.41 bits per heavy atom. The Labute approximate surface area is 109 Å². The molecule has 6 heteroatoms. The highest BCUT2D eigenvalue weighted by Crippen LogP contribution is 2.13. The highest BCUT2D eigenvalue weighted by molar-refractivity contribution is 7.89. The fourth-order valence-electron chi connectivity index (χ4n) is 1.27. The molecule has 4 nitrogen and oxygen atoms in total. The second-order valence-corrected chi connectivity index (χ2v) is 5.54. The molecule has 1 aromatic rings. The van der Waals surface area contributed by atoms with Gasteiger partial charge in [0.15, 0.2) is 0 Å². The summed E-state index contributed by atoms with van der Waals surface area (Å²) in [5.41, 5.74) is 0.757. The summed E-state index contributed by atoms with van der Waals surface area (Å²) in [4.78, 5) is 0.346. The van der Waals surface area contributed by atoms with Gasteiger partial charge in [-0.05, 0) is 32.5 Å². The van der Waals surface area contributed by atoms with E-state index >= 15 is 0 Å². The zero-order valence-electron chi connectivity index (χ0n) is 10.2. The van der Waals surface area contributed by atoms with Crippen LogP contribution in [0, 0.1) is 6.92 Å². The lowest BCUT2D eigenvalue weighted by atomic mass is 10.2. The van der Waals surface area contributed by atoms with Crippen molar-refractivity contribution in [3.05, 3.63) is 29.8 Å². The molecule has 0 heterocycles. The zero-order valence-corrected chi connectivity index (χ0v) is 11.9. The monoisotopic (exact) mass is 278 g/mol. The topological polar surface area (TPSA) is 58.2 Å². The highest BCUT2D eigenvalue weighted by atomic mass is 35.5. The minimum atomic E-state index is -3.39. The maximum absolute atomic E-state index is 11.9. The van der Waals surface area contributed by atoms with Crippen molar-refractivity contribution in [1.82, 2.24) is 10.0 Å². The van der Waals surface area contributed by atoms with E-state index in [1.807, 2.05) is 13.0 Å². The van der Waals surface area contributed by atoms with Gasteiger partial charge in [0.25, 0.3) is 0 Å². The maximum atomic E-state index is 11.9. The summed E-state index contributed by atoms with van der Waals surface area (Å²) >= 11 is 0. The molecule has 0 aromatic heterocycles. The van der Waals surface area contributed by atoms with Gasteiger partial charge in [0.2, 0.25) is 10.0 Å². The standard InChI is InChI=1S/C11H18N2O2S.ClH/c1-9-6-4-5-7-11(9)16(14,15)13-8-10(2)12-3;/h4-7,10,12-13H,8H2,1-3H3;1H. The number of sulfonamides is 1. The van der Waals surface area contributed by atoms with Crippen LogP contribution in [0.5, 0.6) is 0 Å². The lowest BCUT2D eigenvalue weighted by Gasteiger charge is -2.13. The summed E-state index contributed by atoms with van der Waals surface area (Å²) in [6, 6.07) is 7.06. The second-order valence-electron chi connectivity index (χ2n) is 3.81. The lowest BCUT2D eigenvalue weighted by Crippen LogP contribution is -2.37. The van der Waals surface area contributed by atoms with Crippen LogP contribution in [0.2, 0.25) is 0 Å². The molecule has 0 amide bonds. The molecule has 0 saturated carbocycles. The summed E-state index contributed by atoms with van der Waals surface area (Å²) in [7, 11) is -1.59. The molecule has 98 valence electrons. The van der Waals surface area contributed by atoms with Crippen molar-refractivity contribution in [2.75, 3.05) is 13.6 Å². The van der Waals surface area contributed by atoms with Gasteiger partial charge in [0, 0.05) is 12.6 Å². The molecule has 0 aliphatic heterocycles. The lowest BCUT2D eigenvalue weighted by molar-refractivity contribution is 0.554. The van der Waals surface area contributed by atoms with Gasteiger partial charge in [-0.15, -0.1) is 12.4 Å². The predicted molar refractivity (Wildman–Crippen MR) is 72.1 cm³/mol. The number of hydrogen-bond acceptors (Lipinski definition) is 3. The van der Waals surface area contributed by atoms with Crippen LogP contribution in [0.4, 0.5) is 0 Å². The fraction of sp³-hybridized carbons (Fsp3) is 0.455. The summed E-state index contributed by atoms with van der Waals surface area (Å²) in [5.74, 6) is 0. The average molecular weight is 279 g/mol. The van der Waals surface area contributed by atoms with Crippen molar-refractivity contribution in [2.45, 2.75) is 24.8 Å². The van der Waals surface area contributed by atoms with E-state index < -0.39 is 10.0 Å². The van der Waals surface area contributed by atoms with Gasteiger partial charge in [0.1, 0.15) is 0 Å². The normalized spacial score (nSPS) is 12.9. The number of benzene rings is 1. The molecule has 0 aliphatic carbocycles. The summed E-state index contributed by atoms with van der Waals surface area (Å²) in [5, 5.41) is 2.98. The first-order chi connectivity index (χ1) is 7.47. The smallest absolute Gasteiger partial charge is 0.240 e. The van der Waals surface area contributed by atoms with Crippen molar-refractivity contribution >= 4 is 22.4 Å². The van der Waals surface area contributed by atoms with Gasteiger partial charge >= 0.3 is 0 Å². The molecule has 17 heavy (non-hydrogen) atoms. The van der Waals surface area contributed by atoms with Gasteiger partial charge in [-0.2, -0.15) is 0 Å². The number of likely N-dealkylation sites (N-methyl/N-ethyl adjacent to an activating group) is 1. The molecule has 0 radical (unpaired) electrons. The third kappa shape index (κ3) is 4.63. The van der Waals surface area contributed by atoms with Gasteiger partial charge in [-0.3, -0.25) is 0 Å². The van der Waals surface area contributed by atoms with Crippen LogP contribution < -0.4 is 10.0 Å². The van der Waals surface area contributed by atoms with Crippen LogP contribution in [0.3, 0.4) is 0 Å². The average Bonchev–Trinajstić information content (AvgIpc) is 2.26. The fourth-order valence-corrected chi connectivity index (χ4v) is 2.65. The van der Waals surface area contributed by atoms with Crippen LogP contribution in [0.15, 0.2) is 29.2 Å². The van der Waals surface area contributed by atoms with E-state index in [0.29, 0.717) is 11.4 Å². The Morgan fingerprint density at radius 1 is 1.29 bits per heavy atom. The third-order valence-corrected chi connectivity index (χ3v) is 4.04. The molecular formula is C11H19ClN2O2S. The highest BCUT2D eigenvalue weighted by Gasteiger charge is 2.16. The molecule has 2 N–H and O–H groups in total. The molecule has 0 spiro atoms. The Kier molecular flexibility index (Phi) is 6.70. The molecule has 1 aromatic carbocycles. The number of hydrogen-bond donors (Lipinski definition) is 2. The van der Waals surface area contributed by atoms with E-state index in [1.165, 1.54) is 0 Å². The van der Waals surface area contributed by atoms with Gasteiger partial charge in [-0.25, -0.2) is 13.1 Å². The largest absolute Gasteiger partial charge is 0.316 e. The van der Waals surface area contributed by atoms with E-state index in [2.05, 4.69) is 10.0 Å². The number of rotatable bonds is 5. The quantitative estimate of drug-likeness (QED) is 0.854. The van der Waals surface area contributed by atoms with Crippen molar-refractivity contribution in [1.29, 1.82) is 0 Å². The van der Waals surface area contributed by atoms with Gasteiger partial charge in [0.05, 0.1) is 4.90 Å². The Balaban J connectivity index is 0.00000256. The van der Waals surface area contributed by atoms with Crippen molar-refractivity contribution in [3.63, 3.8) is 0 Å². The van der Waals surface area contributed by atoms with E-state index in [4.69, 9.17) is 0 Å². The predicted octanol–water partition coefficient (Wildman–Crippen LogP) is 1.30. The van der Waals surface area contributed by atoms with Crippen LogP contribution in [-0.2, 0) is 10.0 Å². The van der Waals surface area contributed by atoms with Crippen LogP contribution in [-0.4, -0.2) is 28.1 Å². The van der Waals surface area contributed by atoms with E-state index in [0.717, 1.165) is 5.56 Å². The second kappa shape index (κ2) is 6.96. The van der Waals surface area contributed by atoms with E-state index in [9.17, 15) is 8.42 Å². The van der Waals surface area contributed by atoms with E-state index in [-0.39, 0.29) is 18.4 Å². The first-order valence-corrected chi connectivity index (χ1v) is 6.68. The Bertz CT molecular complexity index is 449. The summed E-state index contributed by atoms with van der Waals surface area (Å²) in [6.45, 7) is 4.09. The Morgan fingerprint density at radius 2 is 1.88 bits per heavy atom. The SMILES string of the molecule is CNC(C)CNS(=O)(=O)c1ccccc1C.Cl.